The molecule has 5 heteroatoms. The van der Waals surface area contributed by atoms with Crippen molar-refractivity contribution in [3.8, 4) is 0 Å². The lowest BCUT2D eigenvalue weighted by atomic mass is 10.0. The molecule has 0 aromatic rings. The highest BCUT2D eigenvalue weighted by Crippen LogP contribution is 2.14. The van der Waals surface area contributed by atoms with Gasteiger partial charge in [-0.05, 0) is 5.92 Å². The molecule has 1 atom stereocenters. The maximum Gasteiger partial charge on any atom is 0.505 e. The average molecular weight is 203 g/mol. The normalized spacial score (nSPS) is 19.9. The van der Waals surface area contributed by atoms with E-state index in [2.05, 4.69) is 9.64 Å². The maximum absolute atomic E-state index is 10.3. The highest BCUT2D eigenvalue weighted by Gasteiger charge is 2.26. The van der Waals surface area contributed by atoms with E-state index in [1.165, 1.54) is 0 Å². The summed E-state index contributed by atoms with van der Waals surface area (Å²) in [4.78, 5) is 12.4. The number of hydrogen-bond donors (Lipinski definition) is 1. The molecule has 1 heterocycles. The monoisotopic (exact) mass is 203 g/mol. The van der Waals surface area contributed by atoms with Crippen LogP contribution in [0, 0.1) is 5.92 Å². The van der Waals surface area contributed by atoms with Gasteiger partial charge in [-0.25, -0.2) is 4.79 Å². The highest BCUT2D eigenvalue weighted by atomic mass is 16.7. The third-order valence-electron chi connectivity index (χ3n) is 2.40. The number of rotatable bonds is 4. The van der Waals surface area contributed by atoms with Crippen LogP contribution in [0.3, 0.4) is 0 Å². The van der Waals surface area contributed by atoms with Crippen LogP contribution in [0.2, 0.25) is 0 Å². The second kappa shape index (κ2) is 5.17. The molecule has 1 N–H and O–H groups in total. The molecule has 0 aromatic heterocycles. The molecule has 1 unspecified atom stereocenters. The van der Waals surface area contributed by atoms with Gasteiger partial charge in [0.05, 0.1) is 13.3 Å². The molecule has 5 nitrogen and oxygen atoms in total. The third kappa shape index (κ3) is 3.16. The van der Waals surface area contributed by atoms with Gasteiger partial charge in [-0.3, -0.25) is 4.90 Å². The molecule has 0 bridgehead atoms. The van der Waals surface area contributed by atoms with Crippen molar-refractivity contribution in [1.82, 2.24) is 4.90 Å². The van der Waals surface area contributed by atoms with Crippen molar-refractivity contribution in [2.75, 3.05) is 26.5 Å². The average Bonchev–Trinajstić information content (AvgIpc) is 2.56. The first-order valence-electron chi connectivity index (χ1n) is 4.78. The molecule has 0 aromatic carbocycles. The minimum Gasteiger partial charge on any atom is -0.450 e. The molecular weight excluding hydrogens is 186 g/mol. The molecule has 1 saturated heterocycles. The van der Waals surface area contributed by atoms with E-state index in [9.17, 15) is 4.79 Å². The Morgan fingerprint density at radius 2 is 2.36 bits per heavy atom. The molecule has 82 valence electrons. The fourth-order valence-corrected chi connectivity index (χ4v) is 1.57. The molecule has 0 saturated carbocycles. The van der Waals surface area contributed by atoms with E-state index in [1.807, 2.05) is 13.8 Å². The van der Waals surface area contributed by atoms with Gasteiger partial charge in [-0.15, -0.1) is 0 Å². The van der Waals surface area contributed by atoms with Gasteiger partial charge >= 0.3 is 6.16 Å². The van der Waals surface area contributed by atoms with Crippen LogP contribution >= 0.6 is 0 Å². The predicted molar refractivity (Wildman–Crippen MR) is 50.1 cm³/mol. The quantitative estimate of drug-likeness (QED) is 0.690. The van der Waals surface area contributed by atoms with Gasteiger partial charge in [0, 0.05) is 12.6 Å². The number of nitrogens with zero attached hydrogens (tertiary/aromatic N) is 1. The Morgan fingerprint density at radius 3 is 2.79 bits per heavy atom. The van der Waals surface area contributed by atoms with Crippen LogP contribution < -0.4 is 0 Å². The van der Waals surface area contributed by atoms with E-state index < -0.39 is 6.16 Å². The minimum atomic E-state index is -1.21. The first-order chi connectivity index (χ1) is 6.61. The Balaban J connectivity index is 2.41. The van der Waals surface area contributed by atoms with Gasteiger partial charge in [0.25, 0.3) is 0 Å². The summed E-state index contributed by atoms with van der Waals surface area (Å²) in [6.45, 7) is 6.46. The Hall–Kier alpha value is -0.810. The van der Waals surface area contributed by atoms with E-state index in [0.29, 0.717) is 12.6 Å². The Morgan fingerprint density at radius 1 is 1.64 bits per heavy atom. The zero-order valence-electron chi connectivity index (χ0n) is 8.60. The van der Waals surface area contributed by atoms with Crippen molar-refractivity contribution in [3.63, 3.8) is 0 Å². The molecule has 1 fully saturated rings. The van der Waals surface area contributed by atoms with Crippen LogP contribution in [0.5, 0.6) is 0 Å². The van der Waals surface area contributed by atoms with Crippen molar-refractivity contribution in [2.24, 2.45) is 5.92 Å². The lowest BCUT2D eigenvalue weighted by Gasteiger charge is -2.28. The summed E-state index contributed by atoms with van der Waals surface area (Å²) in [7, 11) is 0. The molecule has 0 aliphatic carbocycles. The fourth-order valence-electron chi connectivity index (χ4n) is 1.57. The number of ether oxygens (including phenoxy) is 2. The van der Waals surface area contributed by atoms with Crippen LogP contribution in [-0.4, -0.2) is 48.7 Å². The molecule has 1 aliphatic heterocycles. The van der Waals surface area contributed by atoms with Gasteiger partial charge in [0.15, 0.2) is 0 Å². The molecule has 1 rings (SSSR count). The van der Waals surface area contributed by atoms with E-state index in [1.54, 1.807) is 0 Å². The second-order valence-corrected chi connectivity index (χ2v) is 3.74. The van der Waals surface area contributed by atoms with Crippen molar-refractivity contribution in [2.45, 2.75) is 19.9 Å². The molecule has 14 heavy (non-hydrogen) atoms. The van der Waals surface area contributed by atoms with Gasteiger partial charge < -0.3 is 14.6 Å². The van der Waals surface area contributed by atoms with E-state index in [-0.39, 0.29) is 12.6 Å². The van der Waals surface area contributed by atoms with Crippen LogP contribution in [0.15, 0.2) is 0 Å². The first-order valence-corrected chi connectivity index (χ1v) is 4.78. The van der Waals surface area contributed by atoms with Crippen molar-refractivity contribution in [3.05, 3.63) is 0 Å². The lowest BCUT2D eigenvalue weighted by molar-refractivity contribution is 0.0315. The molecule has 0 spiro atoms. The van der Waals surface area contributed by atoms with Crippen LogP contribution in [0.1, 0.15) is 13.8 Å². The Kier molecular flexibility index (Phi) is 4.16. The summed E-state index contributed by atoms with van der Waals surface area (Å²) in [5.74, 6) is 0.357. The smallest absolute Gasteiger partial charge is 0.450 e. The largest absolute Gasteiger partial charge is 0.505 e. The summed E-state index contributed by atoms with van der Waals surface area (Å²) in [6, 6.07) is 0.119. The lowest BCUT2D eigenvalue weighted by Crippen LogP contribution is -2.41. The van der Waals surface area contributed by atoms with Crippen molar-refractivity contribution in [1.29, 1.82) is 0 Å². The Bertz CT molecular complexity index is 189. The van der Waals surface area contributed by atoms with E-state index in [0.717, 1.165) is 13.2 Å². The zero-order valence-corrected chi connectivity index (χ0v) is 8.60. The van der Waals surface area contributed by atoms with Crippen molar-refractivity contribution >= 4 is 6.16 Å². The fraction of sp³-hybridized carbons (Fsp3) is 0.889. The van der Waals surface area contributed by atoms with E-state index in [4.69, 9.17) is 9.84 Å². The van der Waals surface area contributed by atoms with Gasteiger partial charge in [-0.1, -0.05) is 13.8 Å². The van der Waals surface area contributed by atoms with Crippen LogP contribution in [0.25, 0.3) is 0 Å². The zero-order chi connectivity index (χ0) is 10.6. The third-order valence-corrected chi connectivity index (χ3v) is 2.40. The number of carbonyl (C=O) groups is 1. The number of carboxylic acid groups (broad SMARTS) is 1. The predicted octanol–water partition coefficient (Wildman–Crippen LogP) is 0.995. The summed E-state index contributed by atoms with van der Waals surface area (Å²) in [5.41, 5.74) is 0. The summed E-state index contributed by atoms with van der Waals surface area (Å²) in [5, 5.41) is 8.41. The molecule has 0 radical (unpaired) electrons. The summed E-state index contributed by atoms with van der Waals surface area (Å²) >= 11 is 0. The standard InChI is InChI=1S/C9H17NO4/c1-7(2)8(5-14-9(11)12)10-3-4-13-6-10/h7-8H,3-6H2,1-2H3,(H,11,12). The SMILES string of the molecule is CC(C)C(COC(=O)O)N1CCOC1. The summed E-state index contributed by atoms with van der Waals surface area (Å²) in [6.07, 6.45) is -1.21. The van der Waals surface area contributed by atoms with Gasteiger partial charge in [-0.2, -0.15) is 0 Å². The van der Waals surface area contributed by atoms with Gasteiger partial charge in [0.2, 0.25) is 0 Å². The van der Waals surface area contributed by atoms with Gasteiger partial charge in [0.1, 0.15) is 6.61 Å². The summed E-state index contributed by atoms with van der Waals surface area (Å²) < 4.78 is 9.82. The molecular formula is C9H17NO4. The van der Waals surface area contributed by atoms with Crippen molar-refractivity contribution < 1.29 is 19.4 Å². The van der Waals surface area contributed by atoms with Crippen LogP contribution in [0.4, 0.5) is 4.79 Å². The van der Waals surface area contributed by atoms with E-state index >= 15 is 0 Å². The Labute approximate surface area is 83.6 Å². The second-order valence-electron chi connectivity index (χ2n) is 3.74. The maximum atomic E-state index is 10.3. The first kappa shape index (κ1) is 11.3. The topological polar surface area (TPSA) is 59.0 Å². The molecule has 1 aliphatic rings. The minimum absolute atomic E-state index is 0.119. The van der Waals surface area contributed by atoms with Crippen LogP contribution in [-0.2, 0) is 9.47 Å². The number of hydrogen-bond acceptors (Lipinski definition) is 4. The highest BCUT2D eigenvalue weighted by molar-refractivity contribution is 5.56. The molecule has 0 amide bonds.